The predicted octanol–water partition coefficient (Wildman–Crippen LogP) is 1.78. The van der Waals surface area contributed by atoms with Crippen LogP contribution in [-0.4, -0.2) is 62.9 Å². The van der Waals surface area contributed by atoms with E-state index in [4.69, 9.17) is 0 Å². The predicted molar refractivity (Wildman–Crippen MR) is 116 cm³/mol. The van der Waals surface area contributed by atoms with Gasteiger partial charge in [-0.25, -0.2) is 4.99 Å². The molecule has 2 N–H and O–H groups in total. The minimum absolute atomic E-state index is 0.00731. The Hall–Kier alpha value is -2.57. The lowest BCUT2D eigenvalue weighted by molar-refractivity contribution is -0.138. The molecule has 29 heavy (non-hydrogen) atoms. The average molecular weight is 400 g/mol. The molecule has 7 nitrogen and oxygen atoms in total. The van der Waals surface area contributed by atoms with Crippen LogP contribution in [0.3, 0.4) is 0 Å². The second-order valence-electron chi connectivity index (χ2n) is 8.16. The summed E-state index contributed by atoms with van der Waals surface area (Å²) in [6, 6.07) is 8.03. The van der Waals surface area contributed by atoms with Crippen LogP contribution in [0.25, 0.3) is 0 Å². The van der Waals surface area contributed by atoms with Gasteiger partial charge in [-0.15, -0.1) is 0 Å². The van der Waals surface area contributed by atoms with Crippen molar-refractivity contribution in [3.05, 3.63) is 29.8 Å². The number of amides is 2. The van der Waals surface area contributed by atoms with Crippen LogP contribution < -0.4 is 15.5 Å². The first-order chi connectivity index (χ1) is 14.0. The van der Waals surface area contributed by atoms with Crippen LogP contribution in [0.2, 0.25) is 0 Å². The summed E-state index contributed by atoms with van der Waals surface area (Å²) in [6.45, 7) is 4.01. The van der Waals surface area contributed by atoms with Gasteiger partial charge in [0.1, 0.15) is 6.54 Å². The van der Waals surface area contributed by atoms with E-state index in [0.717, 1.165) is 37.8 Å². The zero-order valence-electron chi connectivity index (χ0n) is 17.8. The monoisotopic (exact) mass is 399 g/mol. The van der Waals surface area contributed by atoms with E-state index < -0.39 is 0 Å². The van der Waals surface area contributed by atoms with Crippen LogP contribution in [0.15, 0.2) is 29.3 Å². The molecule has 1 heterocycles. The summed E-state index contributed by atoms with van der Waals surface area (Å²) in [4.78, 5) is 33.5. The number of hydrogen-bond acceptors (Lipinski definition) is 3. The van der Waals surface area contributed by atoms with Gasteiger partial charge in [0.2, 0.25) is 11.8 Å². The molecular weight excluding hydrogens is 366 g/mol. The fourth-order valence-corrected chi connectivity index (χ4v) is 4.42. The Bertz CT molecular complexity index is 768. The highest BCUT2D eigenvalue weighted by Crippen LogP contribution is 2.38. The van der Waals surface area contributed by atoms with Gasteiger partial charge in [0.25, 0.3) is 0 Å². The zero-order valence-corrected chi connectivity index (χ0v) is 17.8. The number of carbonyl (C=O) groups excluding carboxylic acids is 2. The van der Waals surface area contributed by atoms with Gasteiger partial charge in [0.05, 0.1) is 5.41 Å². The number of nitrogens with zero attached hydrogens (tertiary/aromatic N) is 3. The van der Waals surface area contributed by atoms with E-state index in [1.807, 2.05) is 44.1 Å². The Morgan fingerprint density at radius 1 is 1.17 bits per heavy atom. The minimum atomic E-state index is -0.377. The lowest BCUT2D eigenvalue weighted by atomic mass is 9.84. The van der Waals surface area contributed by atoms with Crippen molar-refractivity contribution in [2.75, 3.05) is 45.2 Å². The van der Waals surface area contributed by atoms with E-state index in [0.29, 0.717) is 25.6 Å². The van der Waals surface area contributed by atoms with Crippen molar-refractivity contribution in [2.24, 2.45) is 10.4 Å². The summed E-state index contributed by atoms with van der Waals surface area (Å²) in [5.41, 5.74) is 1.82. The zero-order chi connectivity index (χ0) is 20.9. The van der Waals surface area contributed by atoms with Gasteiger partial charge >= 0.3 is 0 Å². The lowest BCUT2D eigenvalue weighted by Gasteiger charge is -2.31. The summed E-state index contributed by atoms with van der Waals surface area (Å²) in [6.07, 6.45) is 4.81. The molecule has 0 radical (unpaired) electrons. The maximum atomic E-state index is 12.8. The molecule has 1 aromatic rings. The summed E-state index contributed by atoms with van der Waals surface area (Å²) in [5.74, 6) is 0.751. The standard InChI is InChI=1S/C22H33N5O2/c1-4-23-21(25-16-22(12-7-8-13-22)20(29)26(2)3)24-15-19(28)27-14-11-17-9-5-6-10-18(17)27/h5-6,9-10H,4,7-8,11-16H2,1-3H3,(H2,23,24,25). The molecule has 3 rings (SSSR count). The molecule has 7 heteroatoms. The van der Waals surface area contributed by atoms with Crippen molar-refractivity contribution in [1.82, 2.24) is 15.5 Å². The third kappa shape index (κ3) is 4.71. The molecule has 2 aliphatic rings. The molecule has 1 saturated carbocycles. The molecule has 0 atom stereocenters. The van der Waals surface area contributed by atoms with Crippen LogP contribution in [-0.2, 0) is 16.0 Å². The van der Waals surface area contributed by atoms with Gasteiger partial charge in [-0.1, -0.05) is 31.0 Å². The summed E-state index contributed by atoms with van der Waals surface area (Å²) < 4.78 is 0. The highest BCUT2D eigenvalue weighted by Gasteiger charge is 2.42. The first kappa shape index (κ1) is 21.1. The fraction of sp³-hybridized carbons (Fsp3) is 0.591. The van der Waals surface area contributed by atoms with Gasteiger partial charge in [-0.05, 0) is 37.8 Å². The quantitative estimate of drug-likeness (QED) is 0.565. The van der Waals surface area contributed by atoms with E-state index in [1.54, 1.807) is 4.90 Å². The maximum Gasteiger partial charge on any atom is 0.248 e. The number of rotatable bonds is 6. The lowest BCUT2D eigenvalue weighted by Crippen LogP contribution is -2.49. The van der Waals surface area contributed by atoms with Crippen molar-refractivity contribution in [1.29, 1.82) is 0 Å². The third-order valence-corrected chi connectivity index (χ3v) is 5.92. The highest BCUT2D eigenvalue weighted by atomic mass is 16.2. The number of aliphatic imine (C=N–C) groups is 1. The van der Waals surface area contributed by atoms with Gasteiger partial charge in [-0.3, -0.25) is 9.59 Å². The summed E-state index contributed by atoms with van der Waals surface area (Å²) >= 11 is 0. The average Bonchev–Trinajstić information content (AvgIpc) is 3.37. The van der Waals surface area contributed by atoms with Crippen LogP contribution in [0.1, 0.15) is 38.2 Å². The highest BCUT2D eigenvalue weighted by molar-refractivity contribution is 5.98. The van der Waals surface area contributed by atoms with E-state index >= 15 is 0 Å². The third-order valence-electron chi connectivity index (χ3n) is 5.92. The number of nitrogens with one attached hydrogen (secondary N) is 2. The summed E-state index contributed by atoms with van der Waals surface area (Å²) in [5, 5.41) is 6.53. The Labute approximate surface area is 173 Å². The molecule has 2 amide bonds. The Morgan fingerprint density at radius 2 is 1.90 bits per heavy atom. The van der Waals surface area contributed by atoms with Gasteiger partial charge in [0.15, 0.2) is 5.96 Å². The van der Waals surface area contributed by atoms with Gasteiger partial charge < -0.3 is 20.4 Å². The SMILES string of the molecule is CCNC(=NCC(=O)N1CCc2ccccc21)NCC1(C(=O)N(C)C)CCCC1. The summed E-state index contributed by atoms with van der Waals surface area (Å²) in [7, 11) is 3.63. The van der Waals surface area contributed by atoms with Crippen LogP contribution in [0.5, 0.6) is 0 Å². The number of hydrogen-bond donors (Lipinski definition) is 2. The number of carbonyl (C=O) groups is 2. The minimum Gasteiger partial charge on any atom is -0.357 e. The normalized spacial score (nSPS) is 17.8. The van der Waals surface area contributed by atoms with E-state index in [-0.39, 0.29) is 23.8 Å². The topological polar surface area (TPSA) is 77.0 Å². The molecule has 1 aliphatic heterocycles. The number of benzene rings is 1. The van der Waals surface area contributed by atoms with Crippen molar-refractivity contribution in [2.45, 2.75) is 39.0 Å². The first-order valence-corrected chi connectivity index (χ1v) is 10.6. The molecule has 0 unspecified atom stereocenters. The van der Waals surface area contributed by atoms with Gasteiger partial charge in [-0.2, -0.15) is 0 Å². The van der Waals surface area contributed by atoms with Gasteiger partial charge in [0, 0.05) is 39.4 Å². The Morgan fingerprint density at radius 3 is 2.59 bits per heavy atom. The van der Waals surface area contributed by atoms with Crippen LogP contribution in [0, 0.1) is 5.41 Å². The maximum absolute atomic E-state index is 12.8. The molecule has 0 spiro atoms. The molecule has 0 aromatic heterocycles. The van der Waals surface area contributed by atoms with E-state index in [2.05, 4.69) is 21.7 Å². The molecule has 1 fully saturated rings. The number of anilines is 1. The second-order valence-corrected chi connectivity index (χ2v) is 8.16. The molecule has 1 aliphatic carbocycles. The number of fused-ring (bicyclic) bond motifs is 1. The van der Waals surface area contributed by atoms with Crippen LogP contribution >= 0.6 is 0 Å². The second kappa shape index (κ2) is 9.29. The smallest absolute Gasteiger partial charge is 0.248 e. The van der Waals surface area contributed by atoms with Crippen molar-refractivity contribution in [3.8, 4) is 0 Å². The Kier molecular flexibility index (Phi) is 6.77. The molecular formula is C22H33N5O2. The van der Waals surface area contributed by atoms with Crippen molar-refractivity contribution < 1.29 is 9.59 Å². The largest absolute Gasteiger partial charge is 0.357 e. The first-order valence-electron chi connectivity index (χ1n) is 10.6. The van der Waals surface area contributed by atoms with Crippen molar-refractivity contribution in [3.63, 3.8) is 0 Å². The number of para-hydroxylation sites is 1. The number of guanidine groups is 1. The Balaban J connectivity index is 1.64. The van der Waals surface area contributed by atoms with E-state index in [9.17, 15) is 9.59 Å². The molecule has 0 saturated heterocycles. The molecule has 1 aromatic carbocycles. The van der Waals surface area contributed by atoms with Crippen LogP contribution in [0.4, 0.5) is 5.69 Å². The fourth-order valence-electron chi connectivity index (χ4n) is 4.42. The van der Waals surface area contributed by atoms with E-state index in [1.165, 1.54) is 5.56 Å². The molecule has 0 bridgehead atoms. The van der Waals surface area contributed by atoms with Crippen molar-refractivity contribution >= 4 is 23.5 Å². The molecule has 158 valence electrons.